The number of hydrogen-bond donors (Lipinski definition) is 1. The summed E-state index contributed by atoms with van der Waals surface area (Å²) in [6.07, 6.45) is 5.69. The van der Waals surface area contributed by atoms with E-state index in [-0.39, 0.29) is 24.5 Å². The minimum atomic E-state index is -0.225. The van der Waals surface area contributed by atoms with Crippen molar-refractivity contribution >= 4 is 41.1 Å². The van der Waals surface area contributed by atoms with Crippen LogP contribution in [0.15, 0.2) is 24.3 Å². The molecule has 1 N–H and O–H groups in total. The van der Waals surface area contributed by atoms with Crippen LogP contribution in [0.5, 0.6) is 0 Å². The van der Waals surface area contributed by atoms with Crippen molar-refractivity contribution < 1.29 is 14.7 Å². The highest BCUT2D eigenvalue weighted by Crippen LogP contribution is 2.23. The molecule has 2 heterocycles. The molecule has 2 fully saturated rings. The largest absolute Gasteiger partial charge is 0.392 e. The Morgan fingerprint density at radius 3 is 2.72 bits per heavy atom. The maximum absolute atomic E-state index is 12.4. The number of piperazine rings is 1. The van der Waals surface area contributed by atoms with Crippen molar-refractivity contribution in [3.05, 3.63) is 39.9 Å². The Kier molecular flexibility index (Phi) is 7.95. The quantitative estimate of drug-likeness (QED) is 0.691. The number of aliphatic hydroxyl groups is 1. The summed E-state index contributed by atoms with van der Waals surface area (Å²) in [6, 6.07) is 5.15. The first-order valence-corrected chi connectivity index (χ1v) is 10.8. The van der Waals surface area contributed by atoms with Crippen LogP contribution in [0.2, 0.25) is 10.0 Å². The van der Waals surface area contributed by atoms with Crippen LogP contribution < -0.4 is 0 Å². The lowest BCUT2D eigenvalue weighted by molar-refractivity contribution is -0.143. The Bertz CT molecular complexity index is 772. The van der Waals surface area contributed by atoms with Gasteiger partial charge in [0.25, 0.3) is 0 Å². The van der Waals surface area contributed by atoms with Gasteiger partial charge in [-0.15, -0.1) is 0 Å². The standard InChI is InChI=1S/C21H27Cl2N3O3/c22-18-6-4-16(13-19(18)23)5-7-20(28)26-12-11-25(21(29)15-26)10-2-9-24-8-1-3-17(27)14-24/h4-7,13,17,27H,1-3,8-12,14-15H2. The summed E-state index contributed by atoms with van der Waals surface area (Å²) >= 11 is 11.9. The summed E-state index contributed by atoms with van der Waals surface area (Å²) in [5.74, 6) is -0.211. The molecular weight excluding hydrogens is 413 g/mol. The molecule has 0 radical (unpaired) electrons. The Labute approximate surface area is 181 Å². The number of aliphatic hydroxyl groups excluding tert-OH is 1. The van der Waals surface area contributed by atoms with Gasteiger partial charge in [-0.1, -0.05) is 29.3 Å². The third-order valence-corrected chi connectivity index (χ3v) is 6.11. The molecule has 6 nitrogen and oxygen atoms in total. The van der Waals surface area contributed by atoms with Crippen molar-refractivity contribution in [1.29, 1.82) is 0 Å². The molecule has 0 spiro atoms. The number of piperidine rings is 1. The molecule has 2 saturated heterocycles. The summed E-state index contributed by atoms with van der Waals surface area (Å²) in [5, 5.41) is 10.6. The maximum Gasteiger partial charge on any atom is 0.247 e. The van der Waals surface area contributed by atoms with Crippen LogP contribution in [0, 0.1) is 0 Å². The molecule has 1 atom stereocenters. The number of β-amino-alcohol motifs (C(OH)–C–C–N with tert-alkyl or cyclic N) is 1. The Morgan fingerprint density at radius 1 is 1.17 bits per heavy atom. The lowest BCUT2D eigenvalue weighted by atomic mass is 10.1. The number of carbonyl (C=O) groups excluding carboxylic acids is 2. The van der Waals surface area contributed by atoms with Gasteiger partial charge in [-0.3, -0.25) is 9.59 Å². The van der Waals surface area contributed by atoms with Crippen LogP contribution in [0.25, 0.3) is 6.08 Å². The smallest absolute Gasteiger partial charge is 0.247 e. The number of carbonyl (C=O) groups is 2. The van der Waals surface area contributed by atoms with Gasteiger partial charge in [-0.05, 0) is 56.1 Å². The SMILES string of the molecule is O=C(C=Cc1ccc(Cl)c(Cl)c1)N1CCN(CCCN2CCCC(O)C2)C(=O)C1. The molecule has 0 aromatic heterocycles. The van der Waals surface area contributed by atoms with E-state index < -0.39 is 0 Å². The second-order valence-corrected chi connectivity index (χ2v) is 8.41. The zero-order chi connectivity index (χ0) is 20.8. The Morgan fingerprint density at radius 2 is 2.00 bits per heavy atom. The molecule has 3 rings (SSSR count). The van der Waals surface area contributed by atoms with E-state index in [1.807, 2.05) is 4.90 Å². The molecule has 2 amide bonds. The molecule has 0 bridgehead atoms. The van der Waals surface area contributed by atoms with E-state index in [1.54, 1.807) is 29.2 Å². The van der Waals surface area contributed by atoms with Crippen molar-refractivity contribution in [2.75, 3.05) is 45.8 Å². The van der Waals surface area contributed by atoms with Gasteiger partial charge in [0.2, 0.25) is 11.8 Å². The lowest BCUT2D eigenvalue weighted by Gasteiger charge is -2.35. The fourth-order valence-electron chi connectivity index (χ4n) is 3.74. The number of likely N-dealkylation sites (tertiary alicyclic amines) is 1. The second kappa shape index (κ2) is 10.4. The van der Waals surface area contributed by atoms with Crippen molar-refractivity contribution in [2.24, 2.45) is 0 Å². The molecule has 29 heavy (non-hydrogen) atoms. The van der Waals surface area contributed by atoms with Crippen LogP contribution in [-0.2, 0) is 9.59 Å². The van der Waals surface area contributed by atoms with Gasteiger partial charge in [-0.25, -0.2) is 0 Å². The Hall–Kier alpha value is -1.60. The predicted octanol–water partition coefficient (Wildman–Crippen LogP) is 2.52. The minimum Gasteiger partial charge on any atom is -0.392 e. The summed E-state index contributed by atoms with van der Waals surface area (Å²) < 4.78 is 0. The normalized spacial score (nSPS) is 21.2. The van der Waals surface area contributed by atoms with E-state index in [1.165, 1.54) is 6.08 Å². The number of rotatable bonds is 6. The highest BCUT2D eigenvalue weighted by molar-refractivity contribution is 6.42. The number of benzene rings is 1. The number of hydrogen-bond acceptors (Lipinski definition) is 4. The van der Waals surface area contributed by atoms with Crippen molar-refractivity contribution in [3.8, 4) is 0 Å². The molecule has 8 heteroatoms. The fourth-order valence-corrected chi connectivity index (χ4v) is 4.05. The summed E-state index contributed by atoms with van der Waals surface area (Å²) in [5.41, 5.74) is 0.778. The summed E-state index contributed by atoms with van der Waals surface area (Å²) in [7, 11) is 0. The topological polar surface area (TPSA) is 64.1 Å². The van der Waals surface area contributed by atoms with Gasteiger partial charge >= 0.3 is 0 Å². The van der Waals surface area contributed by atoms with E-state index in [0.717, 1.165) is 44.5 Å². The van der Waals surface area contributed by atoms with Crippen LogP contribution >= 0.6 is 23.2 Å². The molecule has 1 unspecified atom stereocenters. The van der Waals surface area contributed by atoms with Crippen molar-refractivity contribution in [1.82, 2.24) is 14.7 Å². The van der Waals surface area contributed by atoms with Gasteiger partial charge < -0.3 is 19.8 Å². The highest BCUT2D eigenvalue weighted by Gasteiger charge is 2.26. The van der Waals surface area contributed by atoms with Crippen molar-refractivity contribution in [3.63, 3.8) is 0 Å². The monoisotopic (exact) mass is 439 g/mol. The molecular formula is C21H27Cl2N3O3. The van der Waals surface area contributed by atoms with Gasteiger partial charge in [0.1, 0.15) is 6.54 Å². The van der Waals surface area contributed by atoms with E-state index in [9.17, 15) is 14.7 Å². The van der Waals surface area contributed by atoms with Crippen LogP contribution in [0.1, 0.15) is 24.8 Å². The average Bonchev–Trinajstić information content (AvgIpc) is 2.70. The lowest BCUT2D eigenvalue weighted by Crippen LogP contribution is -2.52. The van der Waals surface area contributed by atoms with Gasteiger partial charge in [0, 0.05) is 32.3 Å². The number of halogens is 2. The van der Waals surface area contributed by atoms with Gasteiger partial charge in [0.15, 0.2) is 0 Å². The molecule has 1 aromatic rings. The third kappa shape index (κ3) is 6.44. The maximum atomic E-state index is 12.4. The molecule has 0 saturated carbocycles. The van der Waals surface area contributed by atoms with E-state index >= 15 is 0 Å². The summed E-state index contributed by atoms with van der Waals surface area (Å²) in [6.45, 7) is 4.49. The number of nitrogens with zero attached hydrogens (tertiary/aromatic N) is 3. The third-order valence-electron chi connectivity index (χ3n) is 5.38. The predicted molar refractivity (Wildman–Crippen MR) is 115 cm³/mol. The van der Waals surface area contributed by atoms with Crippen molar-refractivity contribution in [2.45, 2.75) is 25.4 Å². The average molecular weight is 440 g/mol. The van der Waals surface area contributed by atoms with Crippen LogP contribution in [0.4, 0.5) is 0 Å². The van der Waals surface area contributed by atoms with Crippen LogP contribution in [-0.4, -0.2) is 83.5 Å². The molecule has 1 aromatic carbocycles. The van der Waals surface area contributed by atoms with E-state index in [0.29, 0.717) is 29.7 Å². The van der Waals surface area contributed by atoms with E-state index in [4.69, 9.17) is 23.2 Å². The first kappa shape index (κ1) is 22.1. The van der Waals surface area contributed by atoms with Gasteiger partial charge in [-0.2, -0.15) is 0 Å². The van der Waals surface area contributed by atoms with Gasteiger partial charge in [0.05, 0.1) is 16.1 Å². The fraction of sp³-hybridized carbons (Fsp3) is 0.524. The van der Waals surface area contributed by atoms with Crippen LogP contribution in [0.3, 0.4) is 0 Å². The number of amides is 2. The molecule has 2 aliphatic heterocycles. The molecule has 158 valence electrons. The second-order valence-electron chi connectivity index (χ2n) is 7.60. The zero-order valence-electron chi connectivity index (χ0n) is 16.4. The Balaban J connectivity index is 1.42. The van der Waals surface area contributed by atoms with E-state index in [2.05, 4.69) is 4.90 Å². The molecule has 0 aliphatic carbocycles. The highest BCUT2D eigenvalue weighted by atomic mass is 35.5. The first-order valence-electron chi connectivity index (χ1n) is 10.0. The molecule has 2 aliphatic rings. The summed E-state index contributed by atoms with van der Waals surface area (Å²) in [4.78, 5) is 30.5. The first-order chi connectivity index (χ1) is 13.9. The minimum absolute atomic E-state index is 0.0220. The zero-order valence-corrected chi connectivity index (χ0v) is 17.9.